The summed E-state index contributed by atoms with van der Waals surface area (Å²) in [7, 11) is -3.94. The van der Waals surface area contributed by atoms with Crippen LogP contribution in [0, 0.1) is 13.8 Å². The molecule has 1 aromatic heterocycles. The van der Waals surface area contributed by atoms with Gasteiger partial charge in [-0.2, -0.15) is 5.10 Å². The summed E-state index contributed by atoms with van der Waals surface area (Å²) in [6.07, 6.45) is 0. The Morgan fingerprint density at radius 2 is 1.80 bits per heavy atom. The van der Waals surface area contributed by atoms with E-state index in [-0.39, 0.29) is 10.8 Å². The van der Waals surface area contributed by atoms with Crippen molar-refractivity contribution in [1.29, 1.82) is 0 Å². The van der Waals surface area contributed by atoms with Crippen LogP contribution in [0.15, 0.2) is 65.6 Å². The fourth-order valence-corrected chi connectivity index (χ4v) is 5.06. The van der Waals surface area contributed by atoms with Crippen LogP contribution in [0.1, 0.15) is 21.6 Å². The van der Waals surface area contributed by atoms with Gasteiger partial charge in [-0.3, -0.25) is 9.52 Å². The number of anilines is 2. The third-order valence-corrected chi connectivity index (χ3v) is 6.51. The van der Waals surface area contributed by atoms with Crippen LogP contribution in [0.2, 0.25) is 0 Å². The van der Waals surface area contributed by atoms with E-state index in [1.54, 1.807) is 41.9 Å². The largest absolute Gasteiger partial charge is 0.321 e. The summed E-state index contributed by atoms with van der Waals surface area (Å²) >= 11 is 0. The quantitative estimate of drug-likeness (QED) is 0.524. The van der Waals surface area contributed by atoms with E-state index in [9.17, 15) is 13.2 Å². The molecular formula is C22H18N4O3S. The molecule has 0 radical (unpaired) electrons. The van der Waals surface area contributed by atoms with Gasteiger partial charge < -0.3 is 5.32 Å². The SMILES string of the molecule is Cc1cccc(-n2nc(C)cc2NS(=O)(=O)c2ccc3c4c(cccc24)C(=O)N3)c1. The first kappa shape index (κ1) is 18.4. The number of sulfonamides is 1. The van der Waals surface area contributed by atoms with E-state index in [1.807, 2.05) is 31.2 Å². The maximum Gasteiger partial charge on any atom is 0.263 e. The molecule has 1 aliphatic heterocycles. The Morgan fingerprint density at radius 1 is 1.00 bits per heavy atom. The Morgan fingerprint density at radius 3 is 2.60 bits per heavy atom. The van der Waals surface area contributed by atoms with E-state index >= 15 is 0 Å². The van der Waals surface area contributed by atoms with Gasteiger partial charge in [-0.1, -0.05) is 24.3 Å². The second-order valence-corrected chi connectivity index (χ2v) is 8.97. The van der Waals surface area contributed by atoms with Crippen LogP contribution in [0.5, 0.6) is 0 Å². The molecule has 0 bridgehead atoms. The molecule has 0 saturated heterocycles. The first-order valence-corrected chi connectivity index (χ1v) is 10.9. The molecular weight excluding hydrogens is 400 g/mol. The lowest BCUT2D eigenvalue weighted by Crippen LogP contribution is -2.16. The molecule has 0 atom stereocenters. The van der Waals surface area contributed by atoms with Crippen molar-refractivity contribution < 1.29 is 13.2 Å². The van der Waals surface area contributed by atoms with Gasteiger partial charge in [0.25, 0.3) is 15.9 Å². The number of benzene rings is 3. The van der Waals surface area contributed by atoms with Gasteiger partial charge >= 0.3 is 0 Å². The Balaban J connectivity index is 1.63. The normalized spacial score (nSPS) is 12.9. The molecule has 8 heteroatoms. The van der Waals surface area contributed by atoms with Crippen molar-refractivity contribution in [1.82, 2.24) is 9.78 Å². The summed E-state index contributed by atoms with van der Waals surface area (Å²) < 4.78 is 30.9. The van der Waals surface area contributed by atoms with E-state index in [0.29, 0.717) is 33.5 Å². The van der Waals surface area contributed by atoms with Crippen molar-refractivity contribution in [2.24, 2.45) is 0 Å². The van der Waals surface area contributed by atoms with E-state index in [0.717, 1.165) is 11.3 Å². The van der Waals surface area contributed by atoms with Crippen LogP contribution in [-0.2, 0) is 10.0 Å². The molecule has 150 valence electrons. The average Bonchev–Trinajstić information content (AvgIpc) is 3.22. The van der Waals surface area contributed by atoms with Gasteiger partial charge in [0.15, 0.2) is 0 Å². The molecule has 2 N–H and O–H groups in total. The first-order chi connectivity index (χ1) is 14.3. The van der Waals surface area contributed by atoms with Crippen molar-refractivity contribution in [3.05, 3.63) is 77.5 Å². The van der Waals surface area contributed by atoms with Gasteiger partial charge in [0, 0.05) is 28.1 Å². The molecule has 1 amide bonds. The smallest absolute Gasteiger partial charge is 0.263 e. The number of carbonyl (C=O) groups is 1. The van der Waals surface area contributed by atoms with E-state index in [2.05, 4.69) is 15.1 Å². The summed E-state index contributed by atoms with van der Waals surface area (Å²) in [5.41, 5.74) is 3.57. The molecule has 7 nitrogen and oxygen atoms in total. The minimum absolute atomic E-state index is 0.106. The van der Waals surface area contributed by atoms with Gasteiger partial charge in [0.2, 0.25) is 0 Å². The fraction of sp³-hybridized carbons (Fsp3) is 0.0909. The molecule has 3 aromatic carbocycles. The predicted molar refractivity (Wildman–Crippen MR) is 116 cm³/mol. The first-order valence-electron chi connectivity index (χ1n) is 9.37. The number of hydrogen-bond acceptors (Lipinski definition) is 4. The van der Waals surface area contributed by atoms with Gasteiger partial charge in [-0.25, -0.2) is 13.1 Å². The number of nitrogens with one attached hydrogen (secondary N) is 2. The number of aryl methyl sites for hydroxylation is 2. The number of nitrogens with zero attached hydrogens (tertiary/aromatic N) is 2. The zero-order chi connectivity index (χ0) is 21.0. The van der Waals surface area contributed by atoms with Gasteiger partial charge in [-0.05, 0) is 49.7 Å². The zero-order valence-corrected chi connectivity index (χ0v) is 17.1. The molecule has 1 aliphatic rings. The maximum atomic E-state index is 13.3. The Bertz CT molecular complexity index is 1450. The van der Waals surface area contributed by atoms with E-state index < -0.39 is 10.0 Å². The molecule has 4 aromatic rings. The van der Waals surface area contributed by atoms with Crippen molar-refractivity contribution in [3.8, 4) is 5.69 Å². The highest BCUT2D eigenvalue weighted by Crippen LogP contribution is 2.37. The maximum absolute atomic E-state index is 13.3. The molecule has 0 spiro atoms. The van der Waals surface area contributed by atoms with Crippen LogP contribution in [0.25, 0.3) is 16.5 Å². The number of amides is 1. The summed E-state index contributed by atoms with van der Waals surface area (Å²) in [5, 5.41) is 8.33. The van der Waals surface area contributed by atoms with Crippen molar-refractivity contribution in [2.45, 2.75) is 18.7 Å². The van der Waals surface area contributed by atoms with Crippen molar-refractivity contribution in [2.75, 3.05) is 10.0 Å². The summed E-state index contributed by atoms with van der Waals surface area (Å²) in [4.78, 5) is 12.2. The second-order valence-electron chi connectivity index (χ2n) is 7.32. The van der Waals surface area contributed by atoms with E-state index in [1.165, 1.54) is 6.07 Å². The predicted octanol–water partition coefficient (Wildman–Crippen LogP) is 4.01. The molecule has 30 heavy (non-hydrogen) atoms. The molecule has 2 heterocycles. The van der Waals surface area contributed by atoms with Crippen LogP contribution < -0.4 is 10.0 Å². The third-order valence-electron chi connectivity index (χ3n) is 5.10. The zero-order valence-electron chi connectivity index (χ0n) is 16.3. The number of hydrogen-bond donors (Lipinski definition) is 2. The van der Waals surface area contributed by atoms with Crippen LogP contribution in [-0.4, -0.2) is 24.1 Å². The molecule has 0 fully saturated rings. The highest BCUT2D eigenvalue weighted by Gasteiger charge is 2.27. The van der Waals surface area contributed by atoms with Crippen molar-refractivity contribution in [3.63, 3.8) is 0 Å². The Labute approximate surface area is 173 Å². The summed E-state index contributed by atoms with van der Waals surface area (Å²) in [6, 6.07) is 17.6. The summed E-state index contributed by atoms with van der Waals surface area (Å²) in [6.45, 7) is 3.77. The lowest BCUT2D eigenvalue weighted by molar-refractivity contribution is 0.103. The van der Waals surface area contributed by atoms with Crippen LogP contribution >= 0.6 is 0 Å². The molecule has 5 rings (SSSR count). The van der Waals surface area contributed by atoms with Crippen LogP contribution in [0.4, 0.5) is 11.5 Å². The lowest BCUT2D eigenvalue weighted by Gasteiger charge is -2.13. The summed E-state index contributed by atoms with van der Waals surface area (Å²) in [5.74, 6) is 0.113. The molecule has 0 saturated carbocycles. The highest BCUT2D eigenvalue weighted by molar-refractivity contribution is 7.93. The molecule has 0 unspecified atom stereocenters. The minimum Gasteiger partial charge on any atom is -0.321 e. The lowest BCUT2D eigenvalue weighted by atomic mass is 10.1. The highest BCUT2D eigenvalue weighted by atomic mass is 32.2. The Hall–Kier alpha value is -3.65. The average molecular weight is 418 g/mol. The van der Waals surface area contributed by atoms with Crippen LogP contribution in [0.3, 0.4) is 0 Å². The van der Waals surface area contributed by atoms with Crippen molar-refractivity contribution >= 4 is 38.2 Å². The third kappa shape index (κ3) is 2.84. The number of carbonyl (C=O) groups excluding carboxylic acids is 1. The minimum atomic E-state index is -3.94. The van der Waals surface area contributed by atoms with Gasteiger partial charge in [0.05, 0.1) is 16.3 Å². The van der Waals surface area contributed by atoms with Gasteiger partial charge in [0.1, 0.15) is 5.82 Å². The van der Waals surface area contributed by atoms with Gasteiger partial charge in [-0.15, -0.1) is 0 Å². The van der Waals surface area contributed by atoms with E-state index in [4.69, 9.17) is 0 Å². The topological polar surface area (TPSA) is 93.1 Å². The number of rotatable bonds is 4. The second kappa shape index (κ2) is 6.43. The fourth-order valence-electron chi connectivity index (χ4n) is 3.82. The standard InChI is InChI=1S/C22H18N4O3S/c1-13-5-3-6-15(11-13)26-20(12-14(2)24-26)25-30(28,29)19-10-9-18-21-16(19)7-4-8-17(21)22(27)23-18/h3-12,25H,1-2H3,(H,23,27). The monoisotopic (exact) mass is 418 g/mol. The molecule has 0 aliphatic carbocycles. The Kier molecular flexibility index (Phi) is 3.94. The number of aromatic nitrogens is 2.